The van der Waals surface area contributed by atoms with Crippen LogP contribution in [0.2, 0.25) is 0 Å². The molecule has 0 amide bonds. The normalized spacial score (nSPS) is 9.00. The van der Waals surface area contributed by atoms with Crippen molar-refractivity contribution in [1.29, 1.82) is 0 Å². The minimum absolute atomic E-state index is 0.200. The van der Waals surface area contributed by atoms with Gasteiger partial charge in [0.2, 0.25) is 0 Å². The van der Waals surface area contributed by atoms with Gasteiger partial charge in [-0.2, -0.15) is 0 Å². The average molecular weight is 152 g/mol. The smallest absolute Gasteiger partial charge is 0.325 e. The standard InChI is InChI=1S/C5H4N4O2/c1-7-2-3(6)8-5(11)9-4(2)10/h(H4,6,8,9,10,11). The van der Waals surface area contributed by atoms with Gasteiger partial charge in [0.05, 0.1) is 6.57 Å². The van der Waals surface area contributed by atoms with Gasteiger partial charge in [0.1, 0.15) is 5.82 Å². The van der Waals surface area contributed by atoms with Crippen molar-refractivity contribution in [2.75, 3.05) is 5.73 Å². The molecule has 0 unspecified atom stereocenters. The first kappa shape index (κ1) is 7.08. The molecule has 0 radical (unpaired) electrons. The van der Waals surface area contributed by atoms with Crippen molar-refractivity contribution in [3.8, 4) is 0 Å². The Bertz CT molecular complexity index is 421. The molecule has 1 aromatic rings. The topological polar surface area (TPSA) is 96.1 Å². The summed E-state index contributed by atoms with van der Waals surface area (Å²) in [5, 5.41) is 0. The van der Waals surface area contributed by atoms with Crippen LogP contribution in [0.5, 0.6) is 0 Å². The molecule has 0 aromatic carbocycles. The van der Waals surface area contributed by atoms with Crippen molar-refractivity contribution >= 4 is 11.5 Å². The number of anilines is 1. The molecule has 0 aliphatic carbocycles. The molecule has 0 saturated heterocycles. The molecule has 1 aromatic heterocycles. The molecular formula is C5H4N4O2. The number of nitrogens with one attached hydrogen (secondary N) is 2. The quantitative estimate of drug-likeness (QED) is 0.424. The Kier molecular flexibility index (Phi) is 1.48. The van der Waals surface area contributed by atoms with Crippen molar-refractivity contribution in [1.82, 2.24) is 9.97 Å². The number of hydrogen-bond acceptors (Lipinski definition) is 3. The summed E-state index contributed by atoms with van der Waals surface area (Å²) in [5.74, 6) is -0.200. The van der Waals surface area contributed by atoms with E-state index in [1.165, 1.54) is 0 Å². The van der Waals surface area contributed by atoms with E-state index in [0.29, 0.717) is 0 Å². The van der Waals surface area contributed by atoms with E-state index in [9.17, 15) is 9.59 Å². The SMILES string of the molecule is [C-]#[N+]c1c(N)[nH]c(=O)[nH]c1=O. The van der Waals surface area contributed by atoms with Gasteiger partial charge in [0.25, 0.3) is 11.2 Å². The number of aromatic amines is 2. The van der Waals surface area contributed by atoms with Gasteiger partial charge in [0, 0.05) is 0 Å². The van der Waals surface area contributed by atoms with Crippen molar-refractivity contribution in [3.05, 3.63) is 32.3 Å². The van der Waals surface area contributed by atoms with E-state index in [0.717, 1.165) is 0 Å². The highest BCUT2D eigenvalue weighted by atomic mass is 16.2. The first-order valence-electron chi connectivity index (χ1n) is 2.64. The monoisotopic (exact) mass is 152 g/mol. The predicted molar refractivity (Wildman–Crippen MR) is 38.4 cm³/mol. The molecule has 0 aliphatic heterocycles. The molecule has 56 valence electrons. The number of nitrogens with two attached hydrogens (primary N) is 1. The fourth-order valence-electron chi connectivity index (χ4n) is 0.608. The van der Waals surface area contributed by atoms with E-state index in [1.54, 1.807) is 0 Å². The Hall–Kier alpha value is -2.03. The summed E-state index contributed by atoms with van der Waals surface area (Å²) < 4.78 is 0. The fraction of sp³-hybridized carbons (Fsp3) is 0. The van der Waals surface area contributed by atoms with Crippen LogP contribution in [0, 0.1) is 6.57 Å². The zero-order chi connectivity index (χ0) is 8.43. The Labute approximate surface area is 60.5 Å². The number of nitrogens with zero attached hydrogens (tertiary/aromatic N) is 1. The van der Waals surface area contributed by atoms with Crippen molar-refractivity contribution in [2.24, 2.45) is 0 Å². The van der Waals surface area contributed by atoms with Crippen LogP contribution in [0.4, 0.5) is 11.5 Å². The number of H-pyrrole nitrogens is 2. The molecule has 0 fully saturated rings. The third-order valence-electron chi connectivity index (χ3n) is 1.06. The van der Waals surface area contributed by atoms with Crippen LogP contribution in [0.1, 0.15) is 0 Å². The fourth-order valence-corrected chi connectivity index (χ4v) is 0.608. The minimum atomic E-state index is -0.763. The Balaban J connectivity index is 3.66. The van der Waals surface area contributed by atoms with Gasteiger partial charge in [-0.3, -0.25) is 9.78 Å². The molecule has 1 heterocycles. The number of aromatic nitrogens is 2. The van der Waals surface area contributed by atoms with Crippen LogP contribution in [0.3, 0.4) is 0 Å². The number of hydrogen-bond donors (Lipinski definition) is 3. The first-order valence-corrected chi connectivity index (χ1v) is 2.64. The number of rotatable bonds is 0. The van der Waals surface area contributed by atoms with Crippen LogP contribution in [0.15, 0.2) is 9.59 Å². The molecule has 4 N–H and O–H groups in total. The summed E-state index contributed by atoms with van der Waals surface area (Å²) in [6, 6.07) is 0. The molecule has 0 aliphatic rings. The van der Waals surface area contributed by atoms with Crippen LogP contribution >= 0.6 is 0 Å². The van der Waals surface area contributed by atoms with Gasteiger partial charge in [-0.15, -0.1) is 0 Å². The minimum Gasteiger partial charge on any atom is -0.394 e. The lowest BCUT2D eigenvalue weighted by Crippen LogP contribution is -2.22. The van der Waals surface area contributed by atoms with Gasteiger partial charge >= 0.3 is 5.69 Å². The average Bonchev–Trinajstić information content (AvgIpc) is 1.85. The van der Waals surface area contributed by atoms with E-state index in [1.807, 2.05) is 4.98 Å². The maximum Gasteiger partial charge on any atom is 0.325 e. The van der Waals surface area contributed by atoms with Crippen molar-refractivity contribution in [3.63, 3.8) is 0 Å². The molecule has 0 saturated carbocycles. The maximum atomic E-state index is 10.7. The lowest BCUT2D eigenvalue weighted by atomic mass is 10.5. The third-order valence-corrected chi connectivity index (χ3v) is 1.06. The van der Waals surface area contributed by atoms with E-state index in [-0.39, 0.29) is 11.5 Å². The lowest BCUT2D eigenvalue weighted by Gasteiger charge is -1.92. The molecule has 11 heavy (non-hydrogen) atoms. The molecule has 6 heteroatoms. The summed E-state index contributed by atoms with van der Waals surface area (Å²) in [6.07, 6.45) is 0. The molecule has 1 rings (SSSR count). The largest absolute Gasteiger partial charge is 0.394 e. The van der Waals surface area contributed by atoms with Crippen LogP contribution < -0.4 is 17.0 Å². The van der Waals surface area contributed by atoms with E-state index in [4.69, 9.17) is 12.3 Å². The Morgan fingerprint density at radius 2 is 2.00 bits per heavy atom. The lowest BCUT2D eigenvalue weighted by molar-refractivity contribution is 1.05. The van der Waals surface area contributed by atoms with Gasteiger partial charge in [-0.05, 0) is 0 Å². The molecule has 0 bridgehead atoms. The van der Waals surface area contributed by atoms with E-state index >= 15 is 0 Å². The summed E-state index contributed by atoms with van der Waals surface area (Å²) in [6.45, 7) is 6.50. The van der Waals surface area contributed by atoms with Crippen LogP contribution in [0.25, 0.3) is 4.85 Å². The van der Waals surface area contributed by atoms with E-state index in [2.05, 4.69) is 9.83 Å². The molecule has 6 nitrogen and oxygen atoms in total. The molecule has 0 atom stereocenters. The summed E-state index contributed by atoms with van der Waals surface area (Å²) in [4.78, 5) is 28.0. The summed E-state index contributed by atoms with van der Waals surface area (Å²) in [5.41, 5.74) is 3.38. The zero-order valence-electron chi connectivity index (χ0n) is 5.34. The molecule has 0 spiro atoms. The predicted octanol–water partition coefficient (Wildman–Crippen LogP) is -0.804. The van der Waals surface area contributed by atoms with Crippen molar-refractivity contribution in [2.45, 2.75) is 0 Å². The highest BCUT2D eigenvalue weighted by molar-refractivity contribution is 5.60. The first-order chi connectivity index (χ1) is 5.15. The highest BCUT2D eigenvalue weighted by Crippen LogP contribution is 2.08. The second-order valence-electron chi connectivity index (χ2n) is 1.78. The molecular weight excluding hydrogens is 148 g/mol. The van der Waals surface area contributed by atoms with Gasteiger partial charge in [-0.1, -0.05) is 0 Å². The van der Waals surface area contributed by atoms with E-state index < -0.39 is 11.2 Å². The maximum absolute atomic E-state index is 10.7. The second kappa shape index (κ2) is 2.30. The zero-order valence-corrected chi connectivity index (χ0v) is 5.34. The number of nitrogen functional groups attached to an aromatic ring is 1. The summed E-state index contributed by atoms with van der Waals surface area (Å²) >= 11 is 0. The van der Waals surface area contributed by atoms with Crippen LogP contribution in [-0.4, -0.2) is 9.97 Å². The third kappa shape index (κ3) is 1.11. The highest BCUT2D eigenvalue weighted by Gasteiger charge is 2.03. The summed E-state index contributed by atoms with van der Waals surface area (Å²) in [7, 11) is 0. The van der Waals surface area contributed by atoms with Gasteiger partial charge in [-0.25, -0.2) is 9.64 Å². The van der Waals surface area contributed by atoms with Gasteiger partial charge in [0.15, 0.2) is 0 Å². The Morgan fingerprint density at radius 3 is 2.45 bits per heavy atom. The Morgan fingerprint density at radius 1 is 1.36 bits per heavy atom. The van der Waals surface area contributed by atoms with Crippen molar-refractivity contribution < 1.29 is 0 Å². The van der Waals surface area contributed by atoms with Crippen LogP contribution in [-0.2, 0) is 0 Å². The second-order valence-corrected chi connectivity index (χ2v) is 1.78. The van der Waals surface area contributed by atoms with Gasteiger partial charge < -0.3 is 10.7 Å².